The standard InChI is InChI=1S/C16H14Cl2N2O/c1-10-7-12(8-11(2)15(10)18)21-16-13(9-17)20-6-4-3-5-14(20)19-16/h3-8H,9H2,1-2H3. The number of rotatable bonds is 3. The second kappa shape index (κ2) is 5.58. The SMILES string of the molecule is Cc1cc(Oc2nc3ccccn3c2CCl)cc(C)c1Cl. The number of hydrogen-bond acceptors (Lipinski definition) is 2. The van der Waals surface area contributed by atoms with Crippen LogP contribution in [0.5, 0.6) is 11.6 Å². The minimum absolute atomic E-state index is 0.325. The van der Waals surface area contributed by atoms with Gasteiger partial charge in [-0.15, -0.1) is 11.6 Å². The summed E-state index contributed by atoms with van der Waals surface area (Å²) in [5.74, 6) is 1.56. The molecular formula is C16H14Cl2N2O. The minimum atomic E-state index is 0.325. The summed E-state index contributed by atoms with van der Waals surface area (Å²) in [5, 5.41) is 0.759. The molecule has 0 spiro atoms. The van der Waals surface area contributed by atoms with E-state index < -0.39 is 0 Å². The van der Waals surface area contributed by atoms with Crippen LogP contribution in [0.2, 0.25) is 5.02 Å². The molecule has 2 heterocycles. The molecule has 3 aromatic rings. The molecule has 0 saturated heterocycles. The number of aromatic nitrogens is 2. The lowest BCUT2D eigenvalue weighted by Gasteiger charge is -2.08. The molecule has 0 atom stereocenters. The number of imidazole rings is 1. The fourth-order valence-corrected chi connectivity index (χ4v) is 2.66. The first kappa shape index (κ1) is 14.2. The normalized spacial score (nSPS) is 11.0. The largest absolute Gasteiger partial charge is 0.437 e. The van der Waals surface area contributed by atoms with Crippen LogP contribution >= 0.6 is 23.2 Å². The van der Waals surface area contributed by atoms with E-state index in [1.54, 1.807) is 0 Å². The Bertz CT molecular complexity index is 788. The van der Waals surface area contributed by atoms with Gasteiger partial charge in [-0.3, -0.25) is 4.40 Å². The van der Waals surface area contributed by atoms with Crippen molar-refractivity contribution in [3.63, 3.8) is 0 Å². The van der Waals surface area contributed by atoms with E-state index in [0.29, 0.717) is 17.5 Å². The molecule has 0 aliphatic rings. The summed E-state index contributed by atoms with van der Waals surface area (Å²) >= 11 is 12.2. The molecule has 0 unspecified atom stereocenters. The monoisotopic (exact) mass is 320 g/mol. The van der Waals surface area contributed by atoms with E-state index in [9.17, 15) is 0 Å². The number of benzene rings is 1. The van der Waals surface area contributed by atoms with E-state index in [1.165, 1.54) is 0 Å². The first-order chi connectivity index (χ1) is 10.1. The molecule has 0 bridgehead atoms. The van der Waals surface area contributed by atoms with Crippen molar-refractivity contribution in [2.24, 2.45) is 0 Å². The number of fused-ring (bicyclic) bond motifs is 1. The van der Waals surface area contributed by atoms with Crippen LogP contribution in [-0.2, 0) is 5.88 Å². The second-order valence-corrected chi connectivity index (χ2v) is 5.54. The molecule has 108 valence electrons. The number of nitrogens with zero attached hydrogens (tertiary/aromatic N) is 2. The summed E-state index contributed by atoms with van der Waals surface area (Å²) in [6, 6.07) is 9.59. The van der Waals surface area contributed by atoms with Crippen LogP contribution in [0.25, 0.3) is 5.65 Å². The van der Waals surface area contributed by atoms with Gasteiger partial charge in [0.1, 0.15) is 17.1 Å². The van der Waals surface area contributed by atoms with E-state index in [1.807, 2.05) is 54.8 Å². The molecule has 3 rings (SSSR count). The van der Waals surface area contributed by atoms with Gasteiger partial charge in [-0.05, 0) is 49.2 Å². The highest BCUT2D eigenvalue weighted by molar-refractivity contribution is 6.32. The number of pyridine rings is 1. The van der Waals surface area contributed by atoms with Crippen molar-refractivity contribution in [2.45, 2.75) is 19.7 Å². The summed E-state index contributed by atoms with van der Waals surface area (Å²) < 4.78 is 7.86. The molecule has 0 radical (unpaired) electrons. The highest BCUT2D eigenvalue weighted by Crippen LogP contribution is 2.31. The molecule has 0 aliphatic carbocycles. The third-order valence-corrected chi connectivity index (χ3v) is 4.19. The summed E-state index contributed by atoms with van der Waals surface area (Å²) in [6.07, 6.45) is 1.92. The zero-order valence-electron chi connectivity index (χ0n) is 11.7. The van der Waals surface area contributed by atoms with Gasteiger partial charge in [0, 0.05) is 11.2 Å². The maximum Gasteiger partial charge on any atom is 0.242 e. The van der Waals surface area contributed by atoms with Crippen LogP contribution in [0.15, 0.2) is 36.5 Å². The lowest BCUT2D eigenvalue weighted by Crippen LogP contribution is -1.93. The van der Waals surface area contributed by atoms with Crippen molar-refractivity contribution in [1.29, 1.82) is 0 Å². The van der Waals surface area contributed by atoms with E-state index in [0.717, 1.165) is 27.5 Å². The summed E-state index contributed by atoms with van der Waals surface area (Å²) in [5.41, 5.74) is 3.59. The number of ether oxygens (including phenoxy) is 1. The fourth-order valence-electron chi connectivity index (χ4n) is 2.31. The fraction of sp³-hybridized carbons (Fsp3) is 0.188. The Morgan fingerprint density at radius 2 is 1.90 bits per heavy atom. The quantitative estimate of drug-likeness (QED) is 0.625. The van der Waals surface area contributed by atoms with Gasteiger partial charge >= 0.3 is 0 Å². The van der Waals surface area contributed by atoms with Crippen molar-refractivity contribution in [1.82, 2.24) is 9.38 Å². The van der Waals surface area contributed by atoms with Gasteiger partial charge in [-0.2, -0.15) is 4.98 Å². The van der Waals surface area contributed by atoms with Crippen LogP contribution < -0.4 is 4.74 Å². The number of hydrogen-bond donors (Lipinski definition) is 0. The highest BCUT2D eigenvalue weighted by Gasteiger charge is 2.14. The van der Waals surface area contributed by atoms with Crippen LogP contribution in [0.1, 0.15) is 16.8 Å². The Hall–Kier alpha value is -1.71. The average Bonchev–Trinajstić information content (AvgIpc) is 2.81. The lowest BCUT2D eigenvalue weighted by molar-refractivity contribution is 0.461. The molecule has 3 nitrogen and oxygen atoms in total. The molecule has 2 aromatic heterocycles. The predicted molar refractivity (Wildman–Crippen MR) is 85.7 cm³/mol. The van der Waals surface area contributed by atoms with Crippen LogP contribution in [0, 0.1) is 13.8 Å². The Kier molecular flexibility index (Phi) is 3.79. The van der Waals surface area contributed by atoms with Crippen LogP contribution in [-0.4, -0.2) is 9.38 Å². The first-order valence-electron chi connectivity index (χ1n) is 6.56. The lowest BCUT2D eigenvalue weighted by atomic mass is 10.1. The summed E-state index contributed by atoms with van der Waals surface area (Å²) in [6.45, 7) is 3.91. The Morgan fingerprint density at radius 3 is 2.57 bits per heavy atom. The van der Waals surface area contributed by atoms with Gasteiger partial charge in [0.25, 0.3) is 0 Å². The average molecular weight is 321 g/mol. The van der Waals surface area contributed by atoms with Gasteiger partial charge in [0.15, 0.2) is 0 Å². The molecule has 0 amide bonds. The van der Waals surface area contributed by atoms with Crippen LogP contribution in [0.4, 0.5) is 0 Å². The van der Waals surface area contributed by atoms with Gasteiger partial charge in [-0.25, -0.2) is 0 Å². The Labute approximate surface area is 133 Å². The zero-order chi connectivity index (χ0) is 15.0. The van der Waals surface area contributed by atoms with Gasteiger partial charge in [0.2, 0.25) is 5.88 Å². The predicted octanol–water partition coefficient (Wildman–Crippen LogP) is 5.14. The molecule has 0 aliphatic heterocycles. The van der Waals surface area contributed by atoms with E-state index >= 15 is 0 Å². The molecule has 0 fully saturated rings. The molecule has 1 aromatic carbocycles. The topological polar surface area (TPSA) is 26.5 Å². The van der Waals surface area contributed by atoms with Gasteiger partial charge < -0.3 is 4.74 Å². The third-order valence-electron chi connectivity index (χ3n) is 3.34. The number of aryl methyl sites for hydroxylation is 2. The Balaban J connectivity index is 2.06. The van der Waals surface area contributed by atoms with Gasteiger partial charge in [-0.1, -0.05) is 17.7 Å². The highest BCUT2D eigenvalue weighted by atomic mass is 35.5. The van der Waals surface area contributed by atoms with Crippen molar-refractivity contribution in [3.8, 4) is 11.6 Å². The number of halogens is 2. The van der Waals surface area contributed by atoms with Crippen molar-refractivity contribution < 1.29 is 4.74 Å². The molecule has 0 saturated carbocycles. The van der Waals surface area contributed by atoms with Crippen molar-refractivity contribution >= 4 is 28.8 Å². The zero-order valence-corrected chi connectivity index (χ0v) is 13.2. The Morgan fingerprint density at radius 1 is 1.19 bits per heavy atom. The van der Waals surface area contributed by atoms with Gasteiger partial charge in [0.05, 0.1) is 5.88 Å². The minimum Gasteiger partial charge on any atom is -0.437 e. The molecule has 21 heavy (non-hydrogen) atoms. The first-order valence-corrected chi connectivity index (χ1v) is 7.48. The number of alkyl halides is 1. The maximum absolute atomic E-state index is 6.18. The molecule has 5 heteroatoms. The molecular weight excluding hydrogens is 307 g/mol. The second-order valence-electron chi connectivity index (χ2n) is 4.90. The van der Waals surface area contributed by atoms with Crippen LogP contribution in [0.3, 0.4) is 0 Å². The summed E-state index contributed by atoms with van der Waals surface area (Å²) in [4.78, 5) is 4.48. The van der Waals surface area contributed by atoms with E-state index in [2.05, 4.69) is 4.98 Å². The van der Waals surface area contributed by atoms with Crippen molar-refractivity contribution in [2.75, 3.05) is 0 Å². The third kappa shape index (κ3) is 2.59. The maximum atomic E-state index is 6.18. The van der Waals surface area contributed by atoms with E-state index in [4.69, 9.17) is 27.9 Å². The smallest absolute Gasteiger partial charge is 0.242 e. The summed E-state index contributed by atoms with van der Waals surface area (Å²) in [7, 11) is 0. The van der Waals surface area contributed by atoms with E-state index in [-0.39, 0.29) is 0 Å². The molecule has 0 N–H and O–H groups in total. The van der Waals surface area contributed by atoms with Crippen molar-refractivity contribution in [3.05, 3.63) is 58.4 Å².